The van der Waals surface area contributed by atoms with Gasteiger partial charge >= 0.3 is 0 Å². The molecule has 25 heavy (non-hydrogen) atoms. The molecule has 122 valence electrons. The molecule has 0 saturated heterocycles. The average Bonchev–Trinajstić information content (AvgIpc) is 2.97. The van der Waals surface area contributed by atoms with Crippen molar-refractivity contribution in [1.29, 1.82) is 0 Å². The first-order valence-corrected chi connectivity index (χ1v) is 8.50. The molecule has 0 amide bonds. The Balaban J connectivity index is 1.71. The molecule has 0 atom stereocenters. The maximum absolute atomic E-state index is 5.95. The van der Waals surface area contributed by atoms with Crippen LogP contribution in [0.15, 0.2) is 82.8 Å². The Morgan fingerprint density at radius 3 is 2.00 bits per heavy atom. The van der Waals surface area contributed by atoms with Gasteiger partial charge in [0.15, 0.2) is 5.84 Å². The fourth-order valence-electron chi connectivity index (χ4n) is 2.60. The maximum Gasteiger partial charge on any atom is 0.162 e. The Bertz CT molecular complexity index is 975. The molecule has 4 rings (SSSR count). The third kappa shape index (κ3) is 3.43. The minimum absolute atomic E-state index is 0.675. The normalized spacial score (nSPS) is 14.3. The fourth-order valence-corrected chi connectivity index (χ4v) is 2.85. The third-order valence-electron chi connectivity index (χ3n) is 3.81. The van der Waals surface area contributed by atoms with Crippen LogP contribution in [0.4, 0.5) is 11.4 Å². The highest BCUT2D eigenvalue weighted by Gasteiger charge is 2.21. The van der Waals surface area contributed by atoms with E-state index in [1.165, 1.54) is 0 Å². The molecule has 3 nitrogen and oxygen atoms in total. The predicted octanol–water partition coefficient (Wildman–Crippen LogP) is 5.94. The van der Waals surface area contributed by atoms with E-state index in [9.17, 15) is 0 Å². The molecule has 5 heteroatoms. The predicted molar refractivity (Wildman–Crippen MR) is 106 cm³/mol. The summed E-state index contributed by atoms with van der Waals surface area (Å²) < 4.78 is 0. The van der Waals surface area contributed by atoms with Crippen molar-refractivity contribution < 1.29 is 0 Å². The van der Waals surface area contributed by atoms with Crippen molar-refractivity contribution >= 4 is 46.2 Å². The summed E-state index contributed by atoms with van der Waals surface area (Å²) in [6.07, 6.45) is 0. The number of rotatable bonds is 2. The summed E-state index contributed by atoms with van der Waals surface area (Å²) in [5, 5.41) is 4.72. The van der Waals surface area contributed by atoms with Gasteiger partial charge in [-0.1, -0.05) is 47.5 Å². The summed E-state index contributed by atoms with van der Waals surface area (Å²) in [6.45, 7) is 0. The first-order chi connectivity index (χ1) is 12.2. The first kappa shape index (κ1) is 15.9. The quantitative estimate of drug-likeness (QED) is 0.598. The van der Waals surface area contributed by atoms with Crippen LogP contribution in [-0.2, 0) is 0 Å². The SMILES string of the molecule is Clc1ccc(N=C2N=C(Nc3ccc(Cl)cc3)c3ccccc32)cc1. The van der Waals surface area contributed by atoms with E-state index in [0.29, 0.717) is 15.9 Å². The molecule has 0 saturated carbocycles. The van der Waals surface area contributed by atoms with Crippen molar-refractivity contribution in [2.45, 2.75) is 0 Å². The lowest BCUT2D eigenvalue weighted by molar-refractivity contribution is 1.47. The van der Waals surface area contributed by atoms with Crippen molar-refractivity contribution in [2.75, 3.05) is 5.32 Å². The molecule has 3 aromatic carbocycles. The Kier molecular flexibility index (Phi) is 4.26. The van der Waals surface area contributed by atoms with E-state index >= 15 is 0 Å². The molecule has 1 heterocycles. The molecule has 3 aromatic rings. The fraction of sp³-hybridized carbons (Fsp3) is 0. The minimum Gasteiger partial charge on any atom is -0.340 e. The lowest BCUT2D eigenvalue weighted by Crippen LogP contribution is -2.11. The number of anilines is 1. The van der Waals surface area contributed by atoms with Gasteiger partial charge in [-0.05, 0) is 48.5 Å². The van der Waals surface area contributed by atoms with Crippen LogP contribution in [0.2, 0.25) is 10.0 Å². The molecule has 0 spiro atoms. The molecule has 1 aliphatic heterocycles. The van der Waals surface area contributed by atoms with Crippen LogP contribution in [0.5, 0.6) is 0 Å². The second-order valence-electron chi connectivity index (χ2n) is 5.55. The van der Waals surface area contributed by atoms with Gasteiger partial charge in [-0.15, -0.1) is 0 Å². The monoisotopic (exact) mass is 365 g/mol. The van der Waals surface area contributed by atoms with Gasteiger partial charge in [-0.3, -0.25) is 0 Å². The maximum atomic E-state index is 5.95. The summed E-state index contributed by atoms with van der Waals surface area (Å²) in [4.78, 5) is 9.34. The Morgan fingerprint density at radius 2 is 1.32 bits per heavy atom. The zero-order chi connectivity index (χ0) is 17.2. The molecule has 0 aromatic heterocycles. The summed E-state index contributed by atoms with van der Waals surface area (Å²) >= 11 is 11.9. The van der Waals surface area contributed by atoms with Crippen LogP contribution >= 0.6 is 23.2 Å². The molecular weight excluding hydrogens is 353 g/mol. The van der Waals surface area contributed by atoms with E-state index in [1.54, 1.807) is 0 Å². The Morgan fingerprint density at radius 1 is 0.720 bits per heavy atom. The van der Waals surface area contributed by atoms with Gasteiger partial charge < -0.3 is 5.32 Å². The highest BCUT2D eigenvalue weighted by molar-refractivity contribution is 6.31. The number of nitrogens with zero attached hydrogens (tertiary/aromatic N) is 2. The van der Waals surface area contributed by atoms with Crippen LogP contribution in [0.25, 0.3) is 0 Å². The molecule has 0 unspecified atom stereocenters. The number of hydrogen-bond donors (Lipinski definition) is 1. The van der Waals surface area contributed by atoms with Crippen molar-refractivity contribution in [3.8, 4) is 0 Å². The van der Waals surface area contributed by atoms with Crippen LogP contribution in [-0.4, -0.2) is 11.7 Å². The number of amidine groups is 2. The van der Waals surface area contributed by atoms with Crippen molar-refractivity contribution in [3.63, 3.8) is 0 Å². The van der Waals surface area contributed by atoms with Crippen molar-refractivity contribution in [2.24, 2.45) is 9.98 Å². The molecular formula is C20H13Cl2N3. The van der Waals surface area contributed by atoms with Gasteiger partial charge in [0.1, 0.15) is 5.84 Å². The largest absolute Gasteiger partial charge is 0.340 e. The summed E-state index contributed by atoms with van der Waals surface area (Å²) in [7, 11) is 0. The van der Waals surface area contributed by atoms with Crippen LogP contribution < -0.4 is 5.32 Å². The Hall–Kier alpha value is -2.62. The molecule has 0 fully saturated rings. The van der Waals surface area contributed by atoms with E-state index in [2.05, 4.69) is 15.3 Å². The van der Waals surface area contributed by atoms with Gasteiger partial charge in [0.2, 0.25) is 0 Å². The van der Waals surface area contributed by atoms with Gasteiger partial charge in [-0.2, -0.15) is 0 Å². The highest BCUT2D eigenvalue weighted by Crippen LogP contribution is 2.25. The summed E-state index contributed by atoms with van der Waals surface area (Å²) in [6, 6.07) is 22.9. The van der Waals surface area contributed by atoms with E-state index in [-0.39, 0.29) is 0 Å². The minimum atomic E-state index is 0.675. The summed E-state index contributed by atoms with van der Waals surface area (Å²) in [5.41, 5.74) is 3.75. The van der Waals surface area contributed by atoms with Gasteiger partial charge in [0.05, 0.1) is 5.69 Å². The average molecular weight is 366 g/mol. The summed E-state index contributed by atoms with van der Waals surface area (Å²) in [5.74, 6) is 1.44. The van der Waals surface area contributed by atoms with Crippen molar-refractivity contribution in [1.82, 2.24) is 0 Å². The molecule has 1 aliphatic rings. The van der Waals surface area contributed by atoms with E-state index in [4.69, 9.17) is 23.2 Å². The van der Waals surface area contributed by atoms with Gasteiger partial charge in [0.25, 0.3) is 0 Å². The standard InChI is InChI=1S/C20H13Cl2N3/c21-13-5-9-15(10-6-13)23-19-17-3-1-2-4-18(17)20(25-19)24-16-11-7-14(22)8-12-16/h1-12H,(H,23,24,25). The molecule has 0 radical (unpaired) electrons. The van der Waals surface area contributed by atoms with Crippen LogP contribution in [0.1, 0.15) is 11.1 Å². The number of halogens is 2. The number of hydrogen-bond acceptors (Lipinski definition) is 2. The topological polar surface area (TPSA) is 36.8 Å². The lowest BCUT2D eigenvalue weighted by Gasteiger charge is -2.06. The lowest BCUT2D eigenvalue weighted by atomic mass is 10.1. The van der Waals surface area contributed by atoms with E-state index in [0.717, 1.165) is 28.3 Å². The zero-order valence-electron chi connectivity index (χ0n) is 13.1. The second-order valence-corrected chi connectivity index (χ2v) is 6.42. The highest BCUT2D eigenvalue weighted by atomic mass is 35.5. The second kappa shape index (κ2) is 6.71. The van der Waals surface area contributed by atoms with E-state index in [1.807, 2.05) is 72.8 Å². The van der Waals surface area contributed by atoms with Crippen LogP contribution in [0, 0.1) is 0 Å². The molecule has 0 bridgehead atoms. The van der Waals surface area contributed by atoms with Crippen LogP contribution in [0.3, 0.4) is 0 Å². The zero-order valence-corrected chi connectivity index (χ0v) is 14.6. The Labute approximate surface area is 155 Å². The van der Waals surface area contributed by atoms with Gasteiger partial charge in [-0.25, -0.2) is 9.98 Å². The third-order valence-corrected chi connectivity index (χ3v) is 4.31. The number of benzene rings is 3. The molecule has 0 aliphatic carbocycles. The van der Waals surface area contributed by atoms with Gasteiger partial charge in [0, 0.05) is 26.9 Å². The number of aliphatic imine (C=N–C) groups is 2. The molecule has 1 N–H and O–H groups in total. The van der Waals surface area contributed by atoms with E-state index < -0.39 is 0 Å². The van der Waals surface area contributed by atoms with Crippen molar-refractivity contribution in [3.05, 3.63) is 94.0 Å². The smallest absolute Gasteiger partial charge is 0.162 e. The first-order valence-electron chi connectivity index (χ1n) is 7.74. The number of nitrogens with one attached hydrogen (secondary N) is 1. The number of fused-ring (bicyclic) bond motifs is 1.